The highest BCUT2D eigenvalue weighted by Gasteiger charge is 2.11. The minimum Gasteiger partial charge on any atom is -0.337 e. The number of hydrogen-bond acceptors (Lipinski definition) is 5. The fraction of sp³-hybridized carbons (Fsp3) is 0.0588. The minimum absolute atomic E-state index is 0.362. The van der Waals surface area contributed by atoms with Crippen LogP contribution in [-0.2, 0) is 6.54 Å². The Morgan fingerprint density at radius 3 is 2.54 bits per heavy atom. The third-order valence-electron chi connectivity index (χ3n) is 3.48. The molecule has 4 rings (SSSR count). The van der Waals surface area contributed by atoms with E-state index < -0.39 is 0 Å². The Balaban J connectivity index is 1.52. The fourth-order valence-corrected chi connectivity index (χ4v) is 2.42. The van der Waals surface area contributed by atoms with Gasteiger partial charge < -0.3 is 4.52 Å². The number of aromatic nitrogens is 5. The maximum Gasteiger partial charge on any atom is 0.248 e. The van der Waals surface area contributed by atoms with Gasteiger partial charge in [-0.3, -0.25) is 0 Å². The highest BCUT2D eigenvalue weighted by atomic mass is 35.5. The molecule has 0 aliphatic rings. The summed E-state index contributed by atoms with van der Waals surface area (Å²) in [5.74, 6) is 0.981. The molecule has 0 atom stereocenters. The lowest BCUT2D eigenvalue weighted by Gasteiger charge is -1.94. The second kappa shape index (κ2) is 6.25. The third kappa shape index (κ3) is 3.04. The monoisotopic (exact) mass is 337 g/mol. The van der Waals surface area contributed by atoms with Gasteiger partial charge in [0.25, 0.3) is 0 Å². The summed E-state index contributed by atoms with van der Waals surface area (Å²) in [4.78, 5) is 4.38. The van der Waals surface area contributed by atoms with E-state index in [-0.39, 0.29) is 0 Å². The normalized spacial score (nSPS) is 10.9. The molecule has 0 aliphatic carbocycles. The Kier molecular flexibility index (Phi) is 3.80. The van der Waals surface area contributed by atoms with Crippen molar-refractivity contribution in [2.45, 2.75) is 6.54 Å². The van der Waals surface area contributed by atoms with Crippen LogP contribution in [-0.4, -0.2) is 25.1 Å². The molecule has 24 heavy (non-hydrogen) atoms. The van der Waals surface area contributed by atoms with Gasteiger partial charge >= 0.3 is 0 Å². The van der Waals surface area contributed by atoms with Crippen molar-refractivity contribution < 1.29 is 4.52 Å². The zero-order chi connectivity index (χ0) is 16.4. The molecule has 0 spiro atoms. The predicted molar refractivity (Wildman–Crippen MR) is 89.3 cm³/mol. The van der Waals surface area contributed by atoms with Crippen molar-refractivity contribution in [2.24, 2.45) is 0 Å². The van der Waals surface area contributed by atoms with E-state index in [2.05, 4.69) is 20.5 Å². The summed E-state index contributed by atoms with van der Waals surface area (Å²) in [6, 6.07) is 17.1. The molecular formula is C17H12ClN5O. The molecule has 2 aromatic heterocycles. The van der Waals surface area contributed by atoms with Gasteiger partial charge in [-0.15, -0.1) is 5.10 Å². The Bertz CT molecular complexity index is 947. The maximum atomic E-state index is 5.88. The molecule has 0 N–H and O–H groups in total. The molecule has 0 saturated heterocycles. The minimum atomic E-state index is 0.362. The average Bonchev–Trinajstić information content (AvgIpc) is 3.27. The van der Waals surface area contributed by atoms with E-state index in [0.717, 1.165) is 16.8 Å². The van der Waals surface area contributed by atoms with Crippen molar-refractivity contribution in [3.05, 3.63) is 71.7 Å². The van der Waals surface area contributed by atoms with Gasteiger partial charge in [0.05, 0.1) is 6.20 Å². The van der Waals surface area contributed by atoms with E-state index in [1.807, 2.05) is 48.7 Å². The van der Waals surface area contributed by atoms with Crippen molar-refractivity contribution in [3.8, 4) is 22.6 Å². The number of rotatable bonds is 4. The van der Waals surface area contributed by atoms with Gasteiger partial charge in [0.15, 0.2) is 0 Å². The zero-order valence-electron chi connectivity index (χ0n) is 12.5. The smallest absolute Gasteiger partial charge is 0.248 e. The van der Waals surface area contributed by atoms with Crippen LogP contribution in [0.4, 0.5) is 0 Å². The standard InChI is InChI=1S/C17H12ClN5O/c18-14-8-6-13(7-9-14)17-19-16(24-21-17)11-23-10-15(20-22-23)12-4-2-1-3-5-12/h1-10H,11H2. The first kappa shape index (κ1) is 14.6. The Morgan fingerprint density at radius 1 is 0.958 bits per heavy atom. The van der Waals surface area contributed by atoms with Gasteiger partial charge in [0.2, 0.25) is 11.7 Å². The molecule has 0 bridgehead atoms. The first-order valence-corrected chi connectivity index (χ1v) is 7.70. The summed E-state index contributed by atoms with van der Waals surface area (Å²) in [7, 11) is 0. The fourth-order valence-electron chi connectivity index (χ4n) is 2.29. The van der Waals surface area contributed by atoms with E-state index in [0.29, 0.717) is 23.3 Å². The van der Waals surface area contributed by atoms with E-state index in [1.54, 1.807) is 16.8 Å². The van der Waals surface area contributed by atoms with Gasteiger partial charge in [0.1, 0.15) is 12.2 Å². The van der Waals surface area contributed by atoms with Crippen molar-refractivity contribution >= 4 is 11.6 Å². The van der Waals surface area contributed by atoms with E-state index in [4.69, 9.17) is 16.1 Å². The number of hydrogen-bond donors (Lipinski definition) is 0. The molecule has 118 valence electrons. The molecule has 2 heterocycles. The summed E-state index contributed by atoms with van der Waals surface area (Å²) in [6.07, 6.45) is 1.85. The Labute approximate surface area is 142 Å². The lowest BCUT2D eigenvalue weighted by molar-refractivity contribution is 0.364. The van der Waals surface area contributed by atoms with Gasteiger partial charge in [-0.05, 0) is 24.3 Å². The van der Waals surface area contributed by atoms with Crippen LogP contribution >= 0.6 is 11.6 Å². The lowest BCUT2D eigenvalue weighted by Crippen LogP contribution is -2.00. The molecule has 0 radical (unpaired) electrons. The van der Waals surface area contributed by atoms with Crippen molar-refractivity contribution in [3.63, 3.8) is 0 Å². The summed E-state index contributed by atoms with van der Waals surface area (Å²) in [5, 5.41) is 12.9. The largest absolute Gasteiger partial charge is 0.337 e. The van der Waals surface area contributed by atoms with Crippen LogP contribution < -0.4 is 0 Å². The van der Waals surface area contributed by atoms with Gasteiger partial charge in [-0.2, -0.15) is 4.98 Å². The number of benzene rings is 2. The lowest BCUT2D eigenvalue weighted by atomic mass is 10.2. The molecule has 0 aliphatic heterocycles. The highest BCUT2D eigenvalue weighted by Crippen LogP contribution is 2.19. The molecule has 0 fully saturated rings. The molecule has 0 saturated carbocycles. The zero-order valence-corrected chi connectivity index (χ0v) is 13.3. The van der Waals surface area contributed by atoms with Crippen LogP contribution in [0.15, 0.2) is 65.3 Å². The summed E-state index contributed by atoms with van der Waals surface area (Å²) >= 11 is 5.88. The number of nitrogens with zero attached hydrogens (tertiary/aromatic N) is 5. The summed E-state index contributed by atoms with van der Waals surface area (Å²) in [5.41, 5.74) is 2.65. The van der Waals surface area contributed by atoms with Crippen LogP contribution in [0, 0.1) is 0 Å². The number of halogens is 1. The molecular weight excluding hydrogens is 326 g/mol. The van der Waals surface area contributed by atoms with Gasteiger partial charge in [-0.1, -0.05) is 52.3 Å². The average molecular weight is 338 g/mol. The molecule has 6 nitrogen and oxygen atoms in total. The van der Waals surface area contributed by atoms with Crippen molar-refractivity contribution in [1.29, 1.82) is 0 Å². The summed E-state index contributed by atoms with van der Waals surface area (Å²) in [6.45, 7) is 0.362. The molecule has 4 aromatic rings. The van der Waals surface area contributed by atoms with Gasteiger partial charge in [-0.25, -0.2) is 4.68 Å². The first-order chi connectivity index (χ1) is 11.8. The second-order valence-corrected chi connectivity index (χ2v) is 5.62. The maximum absolute atomic E-state index is 5.88. The van der Waals surface area contributed by atoms with Gasteiger partial charge in [0, 0.05) is 16.1 Å². The highest BCUT2D eigenvalue weighted by molar-refractivity contribution is 6.30. The topological polar surface area (TPSA) is 69.6 Å². The van der Waals surface area contributed by atoms with Crippen LogP contribution in [0.2, 0.25) is 5.02 Å². The SMILES string of the molecule is Clc1ccc(-c2noc(Cn3cc(-c4ccccc4)nn3)n2)cc1. The van der Waals surface area contributed by atoms with Crippen LogP contribution in [0.25, 0.3) is 22.6 Å². The molecule has 0 amide bonds. The Hall–Kier alpha value is -2.99. The van der Waals surface area contributed by atoms with Crippen LogP contribution in [0.5, 0.6) is 0 Å². The Morgan fingerprint density at radius 2 is 1.75 bits per heavy atom. The third-order valence-corrected chi connectivity index (χ3v) is 3.73. The summed E-state index contributed by atoms with van der Waals surface area (Å²) < 4.78 is 6.95. The van der Waals surface area contributed by atoms with E-state index >= 15 is 0 Å². The van der Waals surface area contributed by atoms with E-state index in [1.165, 1.54) is 0 Å². The quantitative estimate of drug-likeness (QED) is 0.568. The van der Waals surface area contributed by atoms with Crippen molar-refractivity contribution in [2.75, 3.05) is 0 Å². The van der Waals surface area contributed by atoms with Crippen LogP contribution in [0.3, 0.4) is 0 Å². The molecule has 7 heteroatoms. The second-order valence-electron chi connectivity index (χ2n) is 5.19. The van der Waals surface area contributed by atoms with E-state index in [9.17, 15) is 0 Å². The predicted octanol–water partition coefficient (Wildman–Crippen LogP) is 3.70. The van der Waals surface area contributed by atoms with Crippen LogP contribution in [0.1, 0.15) is 5.89 Å². The molecule has 0 unspecified atom stereocenters. The molecule has 2 aromatic carbocycles. The van der Waals surface area contributed by atoms with Crippen molar-refractivity contribution in [1.82, 2.24) is 25.1 Å². The first-order valence-electron chi connectivity index (χ1n) is 7.32.